The van der Waals surface area contributed by atoms with Crippen LogP contribution in [0.15, 0.2) is 0 Å². The largest absolute Gasteiger partial charge is 0.299 e. The van der Waals surface area contributed by atoms with E-state index in [9.17, 15) is 4.79 Å². The minimum Gasteiger partial charge on any atom is -0.299 e. The number of alkyl halides is 1. The lowest BCUT2D eigenvalue weighted by atomic mass is 9.91. The van der Waals surface area contributed by atoms with Gasteiger partial charge in [-0.05, 0) is 12.8 Å². The lowest BCUT2D eigenvalue weighted by Gasteiger charge is -2.14. The van der Waals surface area contributed by atoms with Crippen LogP contribution in [0, 0.1) is 5.92 Å². The predicted molar refractivity (Wildman–Crippen MR) is 89.5 cm³/mol. The van der Waals surface area contributed by atoms with E-state index in [1.54, 1.807) is 0 Å². The van der Waals surface area contributed by atoms with Crippen LogP contribution in [0.5, 0.6) is 0 Å². The SMILES string of the molecule is CCCCCCCC(CCCCCC)C(=O)CI. The Morgan fingerprint density at radius 1 is 0.833 bits per heavy atom. The minimum absolute atomic E-state index is 0.361. The Kier molecular flexibility index (Phi) is 14.1. The van der Waals surface area contributed by atoms with E-state index in [1.807, 2.05) is 0 Å². The summed E-state index contributed by atoms with van der Waals surface area (Å²) in [5.41, 5.74) is 0. The summed E-state index contributed by atoms with van der Waals surface area (Å²) < 4.78 is 0.700. The van der Waals surface area contributed by atoms with Gasteiger partial charge < -0.3 is 0 Å². The van der Waals surface area contributed by atoms with Crippen molar-refractivity contribution in [3.63, 3.8) is 0 Å². The van der Waals surface area contributed by atoms with Gasteiger partial charge in [0.2, 0.25) is 0 Å². The van der Waals surface area contributed by atoms with E-state index in [0.717, 1.165) is 12.8 Å². The van der Waals surface area contributed by atoms with E-state index in [1.165, 1.54) is 57.8 Å². The molecule has 108 valence electrons. The first-order valence-electron chi connectivity index (χ1n) is 7.84. The van der Waals surface area contributed by atoms with Gasteiger partial charge in [0.05, 0.1) is 4.43 Å². The van der Waals surface area contributed by atoms with Crippen LogP contribution in [-0.4, -0.2) is 10.2 Å². The molecule has 0 fully saturated rings. The maximum Gasteiger partial charge on any atom is 0.145 e. The van der Waals surface area contributed by atoms with Crippen molar-refractivity contribution in [2.75, 3.05) is 4.43 Å². The average Bonchev–Trinajstić information content (AvgIpc) is 2.40. The van der Waals surface area contributed by atoms with Crippen LogP contribution >= 0.6 is 22.6 Å². The fourth-order valence-electron chi connectivity index (χ4n) is 2.39. The van der Waals surface area contributed by atoms with Crippen molar-refractivity contribution < 1.29 is 4.79 Å². The quantitative estimate of drug-likeness (QED) is 0.224. The Labute approximate surface area is 128 Å². The fraction of sp³-hybridized carbons (Fsp3) is 0.938. The summed E-state index contributed by atoms with van der Waals surface area (Å²) in [5.74, 6) is 0.850. The van der Waals surface area contributed by atoms with Crippen molar-refractivity contribution in [2.45, 2.75) is 84.5 Å². The molecule has 0 amide bonds. The molecule has 0 aliphatic rings. The molecule has 18 heavy (non-hydrogen) atoms. The number of unbranched alkanes of at least 4 members (excludes halogenated alkanes) is 7. The monoisotopic (exact) mass is 366 g/mol. The van der Waals surface area contributed by atoms with Gasteiger partial charge in [-0.1, -0.05) is 94.2 Å². The zero-order valence-electron chi connectivity index (χ0n) is 12.3. The Bertz CT molecular complexity index is 192. The zero-order chi connectivity index (χ0) is 13.6. The molecule has 0 saturated heterocycles. The van der Waals surface area contributed by atoms with Crippen LogP contribution in [0.1, 0.15) is 84.5 Å². The first-order chi connectivity index (χ1) is 8.76. The number of halogens is 1. The number of hydrogen-bond acceptors (Lipinski definition) is 1. The maximum absolute atomic E-state index is 11.9. The van der Waals surface area contributed by atoms with E-state index in [0.29, 0.717) is 16.1 Å². The average molecular weight is 366 g/mol. The summed E-state index contributed by atoms with van der Waals surface area (Å²) in [6, 6.07) is 0. The van der Waals surface area contributed by atoms with Crippen molar-refractivity contribution in [3.8, 4) is 0 Å². The highest BCUT2D eigenvalue weighted by Crippen LogP contribution is 2.20. The molecule has 1 atom stereocenters. The van der Waals surface area contributed by atoms with Crippen LogP contribution in [0.4, 0.5) is 0 Å². The third kappa shape index (κ3) is 10.3. The molecule has 0 aliphatic heterocycles. The van der Waals surface area contributed by atoms with Crippen LogP contribution in [-0.2, 0) is 4.79 Å². The zero-order valence-corrected chi connectivity index (χ0v) is 14.5. The van der Waals surface area contributed by atoms with Crippen molar-refractivity contribution in [1.29, 1.82) is 0 Å². The highest BCUT2D eigenvalue weighted by Gasteiger charge is 2.16. The Hall–Kier alpha value is 0.400. The van der Waals surface area contributed by atoms with Crippen LogP contribution in [0.2, 0.25) is 0 Å². The van der Waals surface area contributed by atoms with E-state index >= 15 is 0 Å². The van der Waals surface area contributed by atoms with Gasteiger partial charge in [-0.2, -0.15) is 0 Å². The normalized spacial score (nSPS) is 12.6. The first kappa shape index (κ1) is 18.4. The smallest absolute Gasteiger partial charge is 0.145 e. The Balaban J connectivity index is 3.74. The summed E-state index contributed by atoms with van der Waals surface area (Å²) >= 11 is 2.22. The minimum atomic E-state index is 0.361. The fourth-order valence-corrected chi connectivity index (χ4v) is 3.01. The first-order valence-corrected chi connectivity index (χ1v) is 9.37. The second kappa shape index (κ2) is 13.8. The summed E-state index contributed by atoms with van der Waals surface area (Å²) in [6.07, 6.45) is 14.0. The number of carbonyl (C=O) groups excluding carboxylic acids is 1. The second-order valence-corrected chi connectivity index (χ2v) is 6.11. The van der Waals surface area contributed by atoms with Gasteiger partial charge in [-0.15, -0.1) is 0 Å². The summed E-state index contributed by atoms with van der Waals surface area (Å²) in [5, 5.41) is 0. The predicted octanol–water partition coefficient (Wildman–Crippen LogP) is 5.94. The topological polar surface area (TPSA) is 17.1 Å². The van der Waals surface area contributed by atoms with Crippen LogP contribution < -0.4 is 0 Å². The van der Waals surface area contributed by atoms with E-state index in [-0.39, 0.29) is 0 Å². The Morgan fingerprint density at radius 3 is 1.72 bits per heavy atom. The molecular formula is C16H31IO. The molecule has 0 aliphatic carbocycles. The third-order valence-electron chi connectivity index (χ3n) is 3.65. The molecule has 0 aromatic heterocycles. The van der Waals surface area contributed by atoms with Crippen LogP contribution in [0.3, 0.4) is 0 Å². The molecule has 0 aromatic rings. The molecule has 0 N–H and O–H groups in total. The van der Waals surface area contributed by atoms with Crippen molar-refractivity contribution in [3.05, 3.63) is 0 Å². The molecule has 0 aromatic carbocycles. The van der Waals surface area contributed by atoms with Crippen LogP contribution in [0.25, 0.3) is 0 Å². The van der Waals surface area contributed by atoms with Crippen molar-refractivity contribution >= 4 is 28.4 Å². The summed E-state index contributed by atoms with van der Waals surface area (Å²) in [4.78, 5) is 11.9. The van der Waals surface area contributed by atoms with Gasteiger partial charge in [-0.3, -0.25) is 4.79 Å². The Morgan fingerprint density at radius 2 is 1.28 bits per heavy atom. The molecule has 0 radical (unpaired) electrons. The molecule has 1 unspecified atom stereocenters. The third-order valence-corrected chi connectivity index (χ3v) is 4.40. The van der Waals surface area contributed by atoms with Gasteiger partial charge in [0, 0.05) is 5.92 Å². The van der Waals surface area contributed by atoms with Crippen molar-refractivity contribution in [1.82, 2.24) is 0 Å². The van der Waals surface area contributed by atoms with Gasteiger partial charge >= 0.3 is 0 Å². The standard InChI is InChI=1S/C16H31IO/c1-3-5-7-9-11-13-15(16(18)14-17)12-10-8-6-4-2/h15H,3-14H2,1-2H3. The lowest BCUT2D eigenvalue weighted by Crippen LogP contribution is -2.15. The molecule has 0 rings (SSSR count). The van der Waals surface area contributed by atoms with E-state index in [4.69, 9.17) is 0 Å². The van der Waals surface area contributed by atoms with E-state index < -0.39 is 0 Å². The summed E-state index contributed by atoms with van der Waals surface area (Å²) in [6.45, 7) is 4.48. The highest BCUT2D eigenvalue weighted by molar-refractivity contribution is 14.1. The molecule has 1 nitrogen and oxygen atoms in total. The number of hydrogen-bond donors (Lipinski definition) is 0. The number of ketones is 1. The van der Waals surface area contributed by atoms with Gasteiger partial charge in [0.25, 0.3) is 0 Å². The molecule has 0 saturated carbocycles. The number of Topliss-reactive ketones (excluding diaryl/α,β-unsaturated/α-hetero) is 1. The maximum atomic E-state index is 11.9. The van der Waals surface area contributed by atoms with Gasteiger partial charge in [0.15, 0.2) is 0 Å². The van der Waals surface area contributed by atoms with Gasteiger partial charge in [-0.25, -0.2) is 0 Å². The molecule has 0 spiro atoms. The second-order valence-electron chi connectivity index (χ2n) is 5.35. The molecule has 0 heterocycles. The van der Waals surface area contributed by atoms with Crippen molar-refractivity contribution in [2.24, 2.45) is 5.92 Å². The number of rotatable bonds is 13. The van der Waals surface area contributed by atoms with Gasteiger partial charge in [0.1, 0.15) is 5.78 Å². The molecule has 2 heteroatoms. The summed E-state index contributed by atoms with van der Waals surface area (Å²) in [7, 11) is 0. The number of carbonyl (C=O) groups is 1. The highest BCUT2D eigenvalue weighted by atomic mass is 127. The molecule has 0 bridgehead atoms. The lowest BCUT2D eigenvalue weighted by molar-refractivity contribution is -0.120. The molecular weight excluding hydrogens is 335 g/mol. The van der Waals surface area contributed by atoms with E-state index in [2.05, 4.69) is 36.4 Å².